The lowest BCUT2D eigenvalue weighted by Crippen LogP contribution is -2.28. The van der Waals surface area contributed by atoms with Crippen molar-refractivity contribution in [3.8, 4) is 0 Å². The van der Waals surface area contributed by atoms with Crippen LogP contribution in [0.4, 0.5) is 13.2 Å². The maximum Gasteiger partial charge on any atom is 0.409 e. The van der Waals surface area contributed by atoms with Crippen molar-refractivity contribution in [2.24, 2.45) is 0 Å². The fourth-order valence-electron chi connectivity index (χ4n) is 1.20. The third kappa shape index (κ3) is 3.36. The highest BCUT2D eigenvalue weighted by molar-refractivity contribution is 5.27. The molecular weight excluding hydrogens is 221 g/mol. The van der Waals surface area contributed by atoms with E-state index < -0.39 is 18.4 Å². The second-order valence-electron chi connectivity index (χ2n) is 3.32. The SMILES string of the molecule is OCC(O)(/C=C/C(F)(F)F)c1ccccc1. The summed E-state index contributed by atoms with van der Waals surface area (Å²) >= 11 is 0. The molecule has 0 spiro atoms. The maximum atomic E-state index is 12.0. The van der Waals surface area contributed by atoms with Gasteiger partial charge in [0.1, 0.15) is 5.60 Å². The minimum absolute atomic E-state index is 0.0871. The second-order valence-corrected chi connectivity index (χ2v) is 3.32. The summed E-state index contributed by atoms with van der Waals surface area (Å²) in [6.45, 7) is -0.816. The van der Waals surface area contributed by atoms with Crippen molar-refractivity contribution >= 4 is 0 Å². The molecule has 0 aromatic heterocycles. The molecule has 1 atom stereocenters. The molecule has 1 unspecified atom stereocenters. The number of aliphatic hydroxyl groups excluding tert-OH is 1. The third-order valence-corrected chi connectivity index (χ3v) is 2.06. The molecule has 0 fully saturated rings. The molecule has 0 aliphatic rings. The molecular formula is C11H11F3O2. The Bertz CT molecular complexity index is 359. The maximum absolute atomic E-state index is 12.0. The number of benzene rings is 1. The summed E-state index contributed by atoms with van der Waals surface area (Å²) in [4.78, 5) is 0. The van der Waals surface area contributed by atoms with E-state index in [4.69, 9.17) is 5.11 Å². The smallest absolute Gasteiger partial charge is 0.393 e. The Morgan fingerprint density at radius 3 is 2.06 bits per heavy atom. The van der Waals surface area contributed by atoms with Gasteiger partial charge in [-0.1, -0.05) is 30.3 Å². The van der Waals surface area contributed by atoms with Crippen molar-refractivity contribution in [2.75, 3.05) is 6.61 Å². The Hall–Kier alpha value is -1.33. The number of aliphatic hydroxyl groups is 2. The van der Waals surface area contributed by atoms with Crippen LogP contribution in [0.5, 0.6) is 0 Å². The standard InChI is InChI=1S/C11H11F3O2/c12-11(13,14)7-6-10(16,8-15)9-4-2-1-3-5-9/h1-7,15-16H,8H2/b7-6+. The van der Waals surface area contributed by atoms with E-state index in [0.29, 0.717) is 6.08 Å². The molecule has 16 heavy (non-hydrogen) atoms. The van der Waals surface area contributed by atoms with Crippen molar-refractivity contribution in [1.29, 1.82) is 0 Å². The molecule has 1 rings (SSSR count). The lowest BCUT2D eigenvalue weighted by molar-refractivity contribution is -0.0822. The molecule has 2 N–H and O–H groups in total. The Morgan fingerprint density at radius 1 is 1.06 bits per heavy atom. The fourth-order valence-corrected chi connectivity index (χ4v) is 1.20. The zero-order chi connectivity index (χ0) is 12.2. The van der Waals surface area contributed by atoms with Crippen molar-refractivity contribution in [2.45, 2.75) is 11.8 Å². The van der Waals surface area contributed by atoms with E-state index in [2.05, 4.69) is 0 Å². The summed E-state index contributed by atoms with van der Waals surface area (Å²) in [7, 11) is 0. The summed E-state index contributed by atoms with van der Waals surface area (Å²) < 4.78 is 35.9. The van der Waals surface area contributed by atoms with Crippen LogP contribution in [0.15, 0.2) is 42.5 Å². The lowest BCUT2D eigenvalue weighted by Gasteiger charge is -2.22. The zero-order valence-electron chi connectivity index (χ0n) is 8.28. The monoisotopic (exact) mass is 232 g/mol. The van der Waals surface area contributed by atoms with Crippen molar-refractivity contribution in [3.63, 3.8) is 0 Å². The molecule has 5 heteroatoms. The highest BCUT2D eigenvalue weighted by atomic mass is 19.4. The molecule has 0 bridgehead atoms. The molecule has 0 amide bonds. The van der Waals surface area contributed by atoms with Crippen LogP contribution in [-0.2, 0) is 5.60 Å². The predicted molar refractivity (Wildman–Crippen MR) is 52.6 cm³/mol. The van der Waals surface area contributed by atoms with E-state index in [1.165, 1.54) is 12.1 Å². The number of halogens is 3. The van der Waals surface area contributed by atoms with Gasteiger partial charge in [-0.2, -0.15) is 13.2 Å². The molecule has 0 aliphatic carbocycles. The van der Waals surface area contributed by atoms with Crippen molar-refractivity contribution < 1.29 is 23.4 Å². The first-order valence-electron chi connectivity index (χ1n) is 4.53. The first-order valence-corrected chi connectivity index (χ1v) is 4.53. The van der Waals surface area contributed by atoms with Crippen molar-refractivity contribution in [3.05, 3.63) is 48.0 Å². The van der Waals surface area contributed by atoms with Crippen LogP contribution in [0, 0.1) is 0 Å². The highest BCUT2D eigenvalue weighted by Crippen LogP contribution is 2.25. The number of allylic oxidation sites excluding steroid dienone is 1. The van der Waals surface area contributed by atoms with Gasteiger partial charge in [-0.15, -0.1) is 0 Å². The van der Waals surface area contributed by atoms with Crippen molar-refractivity contribution in [1.82, 2.24) is 0 Å². The normalized spacial score (nSPS) is 16.3. The molecule has 0 heterocycles. The quantitative estimate of drug-likeness (QED) is 0.782. The van der Waals surface area contributed by atoms with Crippen LogP contribution >= 0.6 is 0 Å². The van der Waals surface area contributed by atoms with E-state index in [0.717, 1.165) is 0 Å². The van der Waals surface area contributed by atoms with Gasteiger partial charge < -0.3 is 10.2 Å². The molecule has 1 aromatic carbocycles. The molecule has 0 saturated heterocycles. The van der Waals surface area contributed by atoms with Gasteiger partial charge in [0.25, 0.3) is 0 Å². The van der Waals surface area contributed by atoms with E-state index in [-0.39, 0.29) is 11.6 Å². The van der Waals surface area contributed by atoms with Crippen LogP contribution in [-0.4, -0.2) is 23.0 Å². The minimum Gasteiger partial charge on any atom is -0.393 e. The van der Waals surface area contributed by atoms with E-state index in [1.54, 1.807) is 18.2 Å². The molecule has 88 valence electrons. The number of hydrogen-bond acceptors (Lipinski definition) is 2. The molecule has 0 radical (unpaired) electrons. The molecule has 0 aliphatic heterocycles. The Labute approximate surface area is 90.7 Å². The van der Waals surface area contributed by atoms with Crippen LogP contribution in [0.3, 0.4) is 0 Å². The zero-order valence-corrected chi connectivity index (χ0v) is 8.28. The fraction of sp³-hybridized carbons (Fsp3) is 0.273. The summed E-state index contributed by atoms with van der Waals surface area (Å²) in [6.07, 6.45) is -4.06. The average molecular weight is 232 g/mol. The summed E-state index contributed by atoms with van der Waals surface area (Å²) in [6, 6.07) is 7.68. The van der Waals surface area contributed by atoms with Crippen LogP contribution < -0.4 is 0 Å². The number of rotatable bonds is 3. The van der Waals surface area contributed by atoms with E-state index in [1.807, 2.05) is 0 Å². The largest absolute Gasteiger partial charge is 0.409 e. The van der Waals surface area contributed by atoms with E-state index in [9.17, 15) is 18.3 Å². The van der Waals surface area contributed by atoms with Crippen LogP contribution in [0.2, 0.25) is 0 Å². The first kappa shape index (κ1) is 12.7. The average Bonchev–Trinajstić information content (AvgIpc) is 2.26. The highest BCUT2D eigenvalue weighted by Gasteiger charge is 2.29. The Balaban J connectivity index is 3.00. The van der Waals surface area contributed by atoms with Crippen LogP contribution in [0.25, 0.3) is 0 Å². The molecule has 1 aromatic rings. The van der Waals surface area contributed by atoms with E-state index >= 15 is 0 Å². The summed E-state index contributed by atoms with van der Waals surface area (Å²) in [5, 5.41) is 18.8. The van der Waals surface area contributed by atoms with Crippen LogP contribution in [0.1, 0.15) is 5.56 Å². The second kappa shape index (κ2) is 4.67. The number of hydrogen-bond donors (Lipinski definition) is 2. The van der Waals surface area contributed by atoms with Gasteiger partial charge in [0.15, 0.2) is 0 Å². The van der Waals surface area contributed by atoms with Gasteiger partial charge in [-0.05, 0) is 11.6 Å². The lowest BCUT2D eigenvalue weighted by atomic mass is 9.94. The minimum atomic E-state index is -4.52. The summed E-state index contributed by atoms with van der Waals surface area (Å²) in [5.41, 5.74) is -1.80. The number of alkyl halides is 3. The predicted octanol–water partition coefficient (Wildman–Crippen LogP) is 1.98. The molecule has 2 nitrogen and oxygen atoms in total. The van der Waals surface area contributed by atoms with Gasteiger partial charge in [0.05, 0.1) is 6.61 Å². The summed E-state index contributed by atoms with van der Waals surface area (Å²) in [5.74, 6) is 0. The van der Waals surface area contributed by atoms with Gasteiger partial charge in [-0.25, -0.2) is 0 Å². The van der Waals surface area contributed by atoms with Gasteiger partial charge in [-0.3, -0.25) is 0 Å². The topological polar surface area (TPSA) is 40.5 Å². The Morgan fingerprint density at radius 2 is 1.62 bits per heavy atom. The van der Waals surface area contributed by atoms with Gasteiger partial charge in [0, 0.05) is 6.08 Å². The first-order chi connectivity index (χ1) is 7.37. The third-order valence-electron chi connectivity index (χ3n) is 2.06. The van der Waals surface area contributed by atoms with Gasteiger partial charge >= 0.3 is 6.18 Å². The van der Waals surface area contributed by atoms with Gasteiger partial charge in [0.2, 0.25) is 0 Å². The molecule has 0 saturated carbocycles. The Kier molecular flexibility index (Phi) is 3.72.